The third-order valence-corrected chi connectivity index (χ3v) is 5.64. The molecular weight excluding hydrogens is 613 g/mol. The molecule has 0 amide bonds. The molecule has 0 N–H and O–H groups in total. The fourth-order valence-electron chi connectivity index (χ4n) is 4.06. The van der Waals surface area contributed by atoms with E-state index in [1.807, 2.05) is 121 Å². The van der Waals surface area contributed by atoms with Crippen molar-refractivity contribution in [2.24, 2.45) is 0 Å². The van der Waals surface area contributed by atoms with Gasteiger partial charge >= 0.3 is 0 Å². The maximum Gasteiger partial charge on any atom is 0.255 e. The third kappa shape index (κ3) is 5.07. The Bertz CT molecular complexity index is 1560. The molecule has 1 radical (unpaired) electrons. The zero-order valence-corrected chi connectivity index (χ0v) is 21.1. The average Bonchev–Trinajstić information content (AvgIpc) is 2.90. The molecule has 173 valence electrons. The van der Waals surface area contributed by atoms with Crippen LogP contribution < -0.4 is 11.1 Å². The van der Waals surface area contributed by atoms with Crippen LogP contribution in [0.3, 0.4) is 0 Å². The Kier molecular flexibility index (Phi) is 7.51. The first-order valence-electron chi connectivity index (χ1n) is 11.0. The standard InChI is InChI=1S/2C15H11NO.Ir/c2*17-15-11-10-12-6-4-5-9-14(12)16(15)13-7-2-1-3-8-13;/h2*1-11H;. The number of benzene rings is 4. The van der Waals surface area contributed by atoms with E-state index in [4.69, 9.17) is 0 Å². The van der Waals surface area contributed by atoms with Crippen LogP contribution in [0.5, 0.6) is 0 Å². The second-order valence-corrected chi connectivity index (χ2v) is 7.80. The molecule has 0 saturated carbocycles. The summed E-state index contributed by atoms with van der Waals surface area (Å²) in [6.07, 6.45) is 0. The van der Waals surface area contributed by atoms with Crippen LogP contribution in [0.25, 0.3) is 33.2 Å². The quantitative estimate of drug-likeness (QED) is 0.235. The first kappa shape index (κ1) is 24.1. The molecule has 35 heavy (non-hydrogen) atoms. The van der Waals surface area contributed by atoms with E-state index in [2.05, 4.69) is 0 Å². The molecule has 6 rings (SSSR count). The minimum Gasteiger partial charge on any atom is -0.277 e. The largest absolute Gasteiger partial charge is 0.277 e. The molecule has 0 spiro atoms. The van der Waals surface area contributed by atoms with Crippen molar-refractivity contribution >= 4 is 21.8 Å². The van der Waals surface area contributed by atoms with E-state index < -0.39 is 0 Å². The van der Waals surface area contributed by atoms with Gasteiger partial charge in [-0.15, -0.1) is 0 Å². The maximum atomic E-state index is 12.0. The molecule has 0 bridgehead atoms. The number of hydrogen-bond acceptors (Lipinski definition) is 2. The molecule has 0 atom stereocenters. The number of aromatic nitrogens is 2. The summed E-state index contributed by atoms with van der Waals surface area (Å²) in [5, 5.41) is 2.13. The van der Waals surface area contributed by atoms with Crippen molar-refractivity contribution in [3.63, 3.8) is 0 Å². The summed E-state index contributed by atoms with van der Waals surface area (Å²) < 4.78 is 3.46. The Morgan fingerprint density at radius 3 is 1.11 bits per heavy atom. The fraction of sp³-hybridized carbons (Fsp3) is 0. The summed E-state index contributed by atoms with van der Waals surface area (Å²) in [4.78, 5) is 24.0. The number of pyridine rings is 2. The van der Waals surface area contributed by atoms with E-state index >= 15 is 0 Å². The summed E-state index contributed by atoms with van der Waals surface area (Å²) in [6.45, 7) is 0. The zero-order valence-electron chi connectivity index (χ0n) is 18.7. The minimum atomic E-state index is -0.00472. The molecule has 0 aliphatic heterocycles. The van der Waals surface area contributed by atoms with Gasteiger partial charge in [0.15, 0.2) is 0 Å². The van der Waals surface area contributed by atoms with E-state index in [-0.39, 0.29) is 31.2 Å². The molecule has 0 aliphatic carbocycles. The molecule has 4 aromatic carbocycles. The van der Waals surface area contributed by atoms with Crippen molar-refractivity contribution in [3.05, 3.63) is 154 Å². The van der Waals surface area contributed by atoms with Gasteiger partial charge in [0.2, 0.25) is 0 Å². The van der Waals surface area contributed by atoms with Crippen LogP contribution in [-0.2, 0) is 20.1 Å². The Morgan fingerprint density at radius 2 is 0.714 bits per heavy atom. The third-order valence-electron chi connectivity index (χ3n) is 5.64. The van der Waals surface area contributed by atoms with Gasteiger partial charge in [-0.25, -0.2) is 0 Å². The second kappa shape index (κ2) is 10.9. The number of para-hydroxylation sites is 4. The monoisotopic (exact) mass is 635 g/mol. The topological polar surface area (TPSA) is 44.0 Å². The summed E-state index contributed by atoms with van der Waals surface area (Å²) in [7, 11) is 0. The van der Waals surface area contributed by atoms with E-state index in [1.165, 1.54) is 0 Å². The maximum absolute atomic E-state index is 12.0. The predicted molar refractivity (Wildman–Crippen MR) is 139 cm³/mol. The number of hydrogen-bond donors (Lipinski definition) is 0. The van der Waals surface area contributed by atoms with Gasteiger partial charge in [-0.3, -0.25) is 18.7 Å². The fourth-order valence-corrected chi connectivity index (χ4v) is 4.06. The first-order valence-corrected chi connectivity index (χ1v) is 11.0. The van der Waals surface area contributed by atoms with E-state index in [0.717, 1.165) is 33.2 Å². The molecule has 5 heteroatoms. The van der Waals surface area contributed by atoms with Gasteiger partial charge in [-0.05, 0) is 59.3 Å². The molecule has 2 aromatic heterocycles. The van der Waals surface area contributed by atoms with Crippen LogP contribution in [0.1, 0.15) is 0 Å². The van der Waals surface area contributed by atoms with Gasteiger partial charge in [0, 0.05) is 43.6 Å². The average molecular weight is 635 g/mol. The van der Waals surface area contributed by atoms with Crippen LogP contribution in [0.4, 0.5) is 0 Å². The number of rotatable bonds is 2. The Balaban J connectivity index is 0.000000160. The number of nitrogens with zero attached hydrogens (tertiary/aromatic N) is 2. The molecule has 0 unspecified atom stereocenters. The van der Waals surface area contributed by atoms with Crippen LogP contribution in [0, 0.1) is 0 Å². The van der Waals surface area contributed by atoms with Crippen molar-refractivity contribution in [2.75, 3.05) is 0 Å². The Morgan fingerprint density at radius 1 is 0.371 bits per heavy atom. The molecule has 0 fully saturated rings. The van der Waals surface area contributed by atoms with Gasteiger partial charge in [-0.1, -0.05) is 72.8 Å². The van der Waals surface area contributed by atoms with Crippen molar-refractivity contribution in [2.45, 2.75) is 0 Å². The van der Waals surface area contributed by atoms with Gasteiger partial charge in [0.25, 0.3) is 11.1 Å². The summed E-state index contributed by atoms with van der Waals surface area (Å²) in [5.74, 6) is 0. The number of fused-ring (bicyclic) bond motifs is 2. The van der Waals surface area contributed by atoms with E-state index in [9.17, 15) is 9.59 Å². The second-order valence-electron chi connectivity index (χ2n) is 7.80. The smallest absolute Gasteiger partial charge is 0.255 e. The van der Waals surface area contributed by atoms with Gasteiger partial charge < -0.3 is 0 Å². The van der Waals surface area contributed by atoms with Gasteiger partial charge in [0.05, 0.1) is 11.0 Å². The molecule has 6 aromatic rings. The van der Waals surface area contributed by atoms with Crippen molar-refractivity contribution < 1.29 is 20.1 Å². The molecular formula is C30H22IrN2O2. The minimum absolute atomic E-state index is 0. The van der Waals surface area contributed by atoms with Crippen molar-refractivity contribution in [1.82, 2.24) is 9.13 Å². The van der Waals surface area contributed by atoms with Crippen molar-refractivity contribution in [1.29, 1.82) is 0 Å². The zero-order chi connectivity index (χ0) is 23.3. The van der Waals surface area contributed by atoms with E-state index in [0.29, 0.717) is 0 Å². The molecule has 2 heterocycles. The van der Waals surface area contributed by atoms with Crippen LogP contribution >= 0.6 is 0 Å². The normalized spacial score (nSPS) is 10.3. The van der Waals surface area contributed by atoms with Crippen LogP contribution in [0.2, 0.25) is 0 Å². The summed E-state index contributed by atoms with van der Waals surface area (Å²) >= 11 is 0. The predicted octanol–water partition coefficient (Wildman–Crippen LogP) is 5.98. The molecule has 4 nitrogen and oxygen atoms in total. The Hall–Kier alpha value is -4.05. The van der Waals surface area contributed by atoms with Crippen LogP contribution in [-0.4, -0.2) is 9.13 Å². The molecule has 0 aliphatic rings. The molecule has 0 saturated heterocycles. The van der Waals surface area contributed by atoms with E-state index in [1.54, 1.807) is 21.3 Å². The summed E-state index contributed by atoms with van der Waals surface area (Å²) in [6, 6.07) is 42.1. The van der Waals surface area contributed by atoms with Crippen LogP contribution in [0.15, 0.2) is 143 Å². The van der Waals surface area contributed by atoms with Gasteiger partial charge in [-0.2, -0.15) is 0 Å². The summed E-state index contributed by atoms with van der Waals surface area (Å²) in [5.41, 5.74) is 3.66. The SMILES string of the molecule is O=c1ccc2ccccc2n1-c1ccccc1.O=c1ccc2ccccc2n1-c1ccccc1.[Ir]. The Labute approximate surface area is 216 Å². The van der Waals surface area contributed by atoms with Gasteiger partial charge in [0.1, 0.15) is 0 Å². The first-order chi connectivity index (χ1) is 16.7. The van der Waals surface area contributed by atoms with Crippen molar-refractivity contribution in [3.8, 4) is 11.4 Å².